The van der Waals surface area contributed by atoms with Crippen LogP contribution >= 0.6 is 0 Å². The molecule has 0 spiro atoms. The van der Waals surface area contributed by atoms with Gasteiger partial charge in [-0.2, -0.15) is 0 Å². The summed E-state index contributed by atoms with van der Waals surface area (Å²) < 4.78 is 0. The Morgan fingerprint density at radius 3 is 2.44 bits per heavy atom. The second-order valence-electron chi connectivity index (χ2n) is 6.68. The van der Waals surface area contributed by atoms with Gasteiger partial charge in [0.05, 0.1) is 0 Å². The molecule has 1 N–H and O–H groups in total. The van der Waals surface area contributed by atoms with Crippen molar-refractivity contribution in [3.63, 3.8) is 0 Å². The van der Waals surface area contributed by atoms with Crippen molar-refractivity contribution in [2.75, 3.05) is 26.7 Å². The largest absolute Gasteiger partial charge is 0.314 e. The Kier molecular flexibility index (Phi) is 5.97. The van der Waals surface area contributed by atoms with Gasteiger partial charge in [-0.15, -0.1) is 0 Å². The molecule has 0 aromatic heterocycles. The Bertz CT molecular complexity index is 215. The van der Waals surface area contributed by atoms with Gasteiger partial charge in [0, 0.05) is 6.04 Å². The number of hydrogen-bond donors (Lipinski definition) is 1. The number of piperidine rings is 1. The van der Waals surface area contributed by atoms with Crippen LogP contribution < -0.4 is 5.32 Å². The maximum atomic E-state index is 3.77. The monoisotopic (exact) mass is 252 g/mol. The fourth-order valence-corrected chi connectivity index (χ4v) is 3.71. The third kappa shape index (κ3) is 4.55. The van der Waals surface area contributed by atoms with E-state index in [1.807, 2.05) is 0 Å². The van der Waals surface area contributed by atoms with Crippen LogP contribution in [0.25, 0.3) is 0 Å². The van der Waals surface area contributed by atoms with E-state index in [9.17, 15) is 0 Å². The van der Waals surface area contributed by atoms with Crippen LogP contribution in [-0.2, 0) is 0 Å². The Labute approximate surface area is 114 Å². The van der Waals surface area contributed by atoms with Gasteiger partial charge in [-0.1, -0.05) is 25.7 Å². The minimum atomic E-state index is 0.724. The molecule has 0 radical (unpaired) electrons. The van der Waals surface area contributed by atoms with Crippen molar-refractivity contribution < 1.29 is 0 Å². The summed E-state index contributed by atoms with van der Waals surface area (Å²) in [6, 6.07) is 0.724. The molecule has 1 unspecified atom stereocenters. The normalized spacial score (nSPS) is 25.7. The summed E-state index contributed by atoms with van der Waals surface area (Å²) in [7, 11) is 2.25. The smallest absolute Gasteiger partial charge is 0.00679 e. The third-order valence-corrected chi connectivity index (χ3v) is 5.20. The van der Waals surface area contributed by atoms with Gasteiger partial charge in [-0.25, -0.2) is 0 Å². The van der Waals surface area contributed by atoms with Crippen molar-refractivity contribution in [3.05, 3.63) is 0 Å². The minimum Gasteiger partial charge on any atom is -0.314 e. The number of nitrogens with zero attached hydrogens (tertiary/aromatic N) is 1. The minimum absolute atomic E-state index is 0.724. The SMILES string of the molecule is CC(NCCCC1CCCC1)C1CCN(C)CC1. The molecule has 2 heteroatoms. The van der Waals surface area contributed by atoms with E-state index in [1.54, 1.807) is 0 Å². The van der Waals surface area contributed by atoms with E-state index in [0.29, 0.717) is 0 Å². The van der Waals surface area contributed by atoms with Gasteiger partial charge >= 0.3 is 0 Å². The van der Waals surface area contributed by atoms with E-state index in [0.717, 1.165) is 17.9 Å². The molecule has 0 bridgehead atoms. The lowest BCUT2D eigenvalue weighted by Crippen LogP contribution is -2.41. The van der Waals surface area contributed by atoms with E-state index in [4.69, 9.17) is 0 Å². The first kappa shape index (κ1) is 14.3. The molecule has 106 valence electrons. The third-order valence-electron chi connectivity index (χ3n) is 5.20. The molecular weight excluding hydrogens is 220 g/mol. The fourth-order valence-electron chi connectivity index (χ4n) is 3.71. The Morgan fingerprint density at radius 1 is 1.11 bits per heavy atom. The standard InChI is InChI=1S/C16H32N2/c1-14(16-9-12-18(2)13-10-16)17-11-5-8-15-6-3-4-7-15/h14-17H,3-13H2,1-2H3. The molecule has 2 fully saturated rings. The molecule has 0 amide bonds. The maximum Gasteiger partial charge on any atom is 0.00679 e. The molecule has 0 aromatic rings. The molecule has 2 nitrogen and oxygen atoms in total. The molecule has 1 aliphatic heterocycles. The van der Waals surface area contributed by atoms with Crippen LogP contribution in [-0.4, -0.2) is 37.6 Å². The van der Waals surface area contributed by atoms with Crippen LogP contribution in [0.4, 0.5) is 0 Å². The molecule has 1 heterocycles. The van der Waals surface area contributed by atoms with E-state index >= 15 is 0 Å². The number of nitrogens with one attached hydrogen (secondary N) is 1. The summed E-state index contributed by atoms with van der Waals surface area (Å²) in [5.74, 6) is 1.97. The zero-order valence-corrected chi connectivity index (χ0v) is 12.5. The molecule has 1 aliphatic carbocycles. The zero-order valence-electron chi connectivity index (χ0n) is 12.5. The highest BCUT2D eigenvalue weighted by Gasteiger charge is 2.21. The second kappa shape index (κ2) is 7.49. The Hall–Kier alpha value is -0.0800. The predicted octanol–water partition coefficient (Wildman–Crippen LogP) is 3.28. The summed E-state index contributed by atoms with van der Waals surface area (Å²) in [6.07, 6.45) is 11.6. The average molecular weight is 252 g/mol. The van der Waals surface area contributed by atoms with E-state index in [-0.39, 0.29) is 0 Å². The van der Waals surface area contributed by atoms with Gasteiger partial charge in [-0.3, -0.25) is 0 Å². The topological polar surface area (TPSA) is 15.3 Å². The molecule has 1 atom stereocenters. The van der Waals surface area contributed by atoms with Gasteiger partial charge in [0.25, 0.3) is 0 Å². The van der Waals surface area contributed by atoms with Crippen molar-refractivity contribution in [1.82, 2.24) is 10.2 Å². The predicted molar refractivity (Wildman–Crippen MR) is 78.9 cm³/mol. The van der Waals surface area contributed by atoms with Gasteiger partial charge in [0.1, 0.15) is 0 Å². The summed E-state index contributed by atoms with van der Waals surface area (Å²) >= 11 is 0. The van der Waals surface area contributed by atoms with Crippen LogP contribution in [0.15, 0.2) is 0 Å². The van der Waals surface area contributed by atoms with E-state index in [2.05, 4.69) is 24.2 Å². The summed E-state index contributed by atoms with van der Waals surface area (Å²) in [6.45, 7) is 6.22. The summed E-state index contributed by atoms with van der Waals surface area (Å²) in [5.41, 5.74) is 0. The van der Waals surface area contributed by atoms with Crippen molar-refractivity contribution >= 4 is 0 Å². The highest BCUT2D eigenvalue weighted by atomic mass is 15.1. The molecule has 2 rings (SSSR count). The maximum absolute atomic E-state index is 3.77. The van der Waals surface area contributed by atoms with Crippen LogP contribution in [0.2, 0.25) is 0 Å². The van der Waals surface area contributed by atoms with Crippen molar-refractivity contribution in [2.24, 2.45) is 11.8 Å². The second-order valence-corrected chi connectivity index (χ2v) is 6.68. The quantitative estimate of drug-likeness (QED) is 0.730. The molecule has 1 saturated carbocycles. The lowest BCUT2D eigenvalue weighted by atomic mass is 9.90. The Balaban J connectivity index is 1.52. The van der Waals surface area contributed by atoms with Crippen molar-refractivity contribution in [2.45, 2.75) is 64.3 Å². The first-order valence-electron chi connectivity index (χ1n) is 8.17. The molecule has 2 aliphatic rings. The first-order chi connectivity index (χ1) is 8.75. The van der Waals surface area contributed by atoms with Gasteiger partial charge in [-0.05, 0) is 71.1 Å². The van der Waals surface area contributed by atoms with Gasteiger partial charge in [0.15, 0.2) is 0 Å². The first-order valence-corrected chi connectivity index (χ1v) is 8.17. The van der Waals surface area contributed by atoms with Crippen molar-refractivity contribution in [3.8, 4) is 0 Å². The zero-order chi connectivity index (χ0) is 12.8. The summed E-state index contributed by atoms with van der Waals surface area (Å²) in [5, 5.41) is 3.77. The molecular formula is C16H32N2. The van der Waals surface area contributed by atoms with E-state index in [1.165, 1.54) is 71.0 Å². The number of likely N-dealkylation sites (tertiary alicyclic amines) is 1. The van der Waals surface area contributed by atoms with Crippen molar-refractivity contribution in [1.29, 1.82) is 0 Å². The average Bonchev–Trinajstić information content (AvgIpc) is 2.88. The highest BCUT2D eigenvalue weighted by molar-refractivity contribution is 4.78. The van der Waals surface area contributed by atoms with Crippen LogP contribution in [0.5, 0.6) is 0 Å². The number of hydrogen-bond acceptors (Lipinski definition) is 2. The number of rotatable bonds is 6. The van der Waals surface area contributed by atoms with E-state index < -0.39 is 0 Å². The van der Waals surface area contributed by atoms with Crippen LogP contribution in [0.3, 0.4) is 0 Å². The lowest BCUT2D eigenvalue weighted by molar-refractivity contribution is 0.189. The fraction of sp³-hybridized carbons (Fsp3) is 1.00. The lowest BCUT2D eigenvalue weighted by Gasteiger charge is -2.33. The van der Waals surface area contributed by atoms with Gasteiger partial charge < -0.3 is 10.2 Å². The molecule has 0 aromatic carbocycles. The van der Waals surface area contributed by atoms with Gasteiger partial charge in [0.2, 0.25) is 0 Å². The van der Waals surface area contributed by atoms with Crippen LogP contribution in [0, 0.1) is 11.8 Å². The molecule has 1 saturated heterocycles. The molecule has 18 heavy (non-hydrogen) atoms. The Morgan fingerprint density at radius 2 is 1.78 bits per heavy atom. The van der Waals surface area contributed by atoms with Crippen LogP contribution in [0.1, 0.15) is 58.3 Å². The summed E-state index contributed by atoms with van der Waals surface area (Å²) in [4.78, 5) is 2.46. The highest BCUT2D eigenvalue weighted by Crippen LogP contribution is 2.28.